The summed E-state index contributed by atoms with van der Waals surface area (Å²) in [6.07, 6.45) is 3.90. The van der Waals surface area contributed by atoms with E-state index in [1.807, 2.05) is 6.92 Å². The van der Waals surface area contributed by atoms with E-state index in [4.69, 9.17) is 4.74 Å². The Bertz CT molecular complexity index is 474. The maximum atomic E-state index is 12.6. The zero-order valence-corrected chi connectivity index (χ0v) is 16.6. The lowest BCUT2D eigenvalue weighted by Crippen LogP contribution is -2.57. The molecule has 4 unspecified atom stereocenters. The molecule has 5 heteroatoms. The quantitative estimate of drug-likeness (QED) is 0.536. The molecule has 0 radical (unpaired) electrons. The second-order valence-corrected chi connectivity index (χ2v) is 8.67. The number of nitrogens with zero attached hydrogens (tertiary/aromatic N) is 1. The maximum Gasteiger partial charge on any atom is 0.316 e. The zero-order chi connectivity index (χ0) is 18.6. The van der Waals surface area contributed by atoms with Crippen LogP contribution in [0.25, 0.3) is 0 Å². The van der Waals surface area contributed by atoms with Crippen molar-refractivity contribution in [1.29, 1.82) is 0 Å². The van der Waals surface area contributed by atoms with Crippen LogP contribution in [0.3, 0.4) is 0 Å². The lowest BCUT2D eigenvalue weighted by Gasteiger charge is -2.45. The third kappa shape index (κ3) is 5.04. The normalized spacial score (nSPS) is 36.2. The fourth-order valence-electron chi connectivity index (χ4n) is 4.64. The molecule has 0 aromatic rings. The molecule has 144 valence electrons. The molecule has 0 saturated carbocycles. The van der Waals surface area contributed by atoms with E-state index in [0.29, 0.717) is 18.4 Å². The van der Waals surface area contributed by atoms with E-state index >= 15 is 0 Å². The Kier molecular flexibility index (Phi) is 7.03. The Morgan fingerprint density at radius 1 is 1.04 bits per heavy atom. The van der Waals surface area contributed by atoms with Crippen LogP contribution in [0.4, 0.5) is 0 Å². The summed E-state index contributed by atoms with van der Waals surface area (Å²) in [6, 6.07) is 0. The van der Waals surface area contributed by atoms with Gasteiger partial charge in [0.05, 0.1) is 5.54 Å². The van der Waals surface area contributed by atoms with Gasteiger partial charge in [-0.25, -0.2) is 0 Å². The monoisotopic (exact) mass is 352 g/mol. The van der Waals surface area contributed by atoms with Crippen molar-refractivity contribution in [3.63, 3.8) is 0 Å². The molecule has 0 aromatic carbocycles. The minimum Gasteiger partial charge on any atom is -0.463 e. The molecule has 2 rings (SSSR count). The number of ketones is 1. The number of rotatable bonds is 0. The number of hydrogen-bond acceptors (Lipinski definition) is 5. The molecule has 2 aliphatic heterocycles. The molecule has 0 bridgehead atoms. The highest BCUT2D eigenvalue weighted by molar-refractivity contribution is 5.99. The van der Waals surface area contributed by atoms with E-state index in [2.05, 4.69) is 31.1 Å². The van der Waals surface area contributed by atoms with Gasteiger partial charge in [0.1, 0.15) is 18.3 Å². The summed E-state index contributed by atoms with van der Waals surface area (Å²) in [5, 5.41) is 3.40. The van der Waals surface area contributed by atoms with Crippen molar-refractivity contribution in [2.45, 2.75) is 58.9 Å². The van der Waals surface area contributed by atoms with Crippen molar-refractivity contribution < 1.29 is 14.3 Å². The first-order valence-corrected chi connectivity index (χ1v) is 9.87. The van der Waals surface area contributed by atoms with E-state index in [1.165, 1.54) is 0 Å². The first kappa shape index (κ1) is 20.4. The van der Waals surface area contributed by atoms with Gasteiger partial charge in [0.2, 0.25) is 0 Å². The predicted octanol–water partition coefficient (Wildman–Crippen LogP) is 2.49. The van der Waals surface area contributed by atoms with Gasteiger partial charge in [0, 0.05) is 12.5 Å². The van der Waals surface area contributed by atoms with E-state index in [9.17, 15) is 9.59 Å². The number of nitrogens with one attached hydrogen (secondary N) is 1. The van der Waals surface area contributed by atoms with E-state index in [1.54, 1.807) is 6.92 Å². The Hall–Kier alpha value is -0.940. The molecule has 0 aromatic heterocycles. The summed E-state index contributed by atoms with van der Waals surface area (Å²) in [7, 11) is 2.16. The van der Waals surface area contributed by atoms with Gasteiger partial charge in [0.15, 0.2) is 0 Å². The number of hydrogen-bond donors (Lipinski definition) is 1. The van der Waals surface area contributed by atoms with Crippen molar-refractivity contribution in [1.82, 2.24) is 10.2 Å². The lowest BCUT2D eigenvalue weighted by atomic mass is 9.84. The van der Waals surface area contributed by atoms with Gasteiger partial charge in [-0.1, -0.05) is 20.8 Å². The third-order valence-corrected chi connectivity index (χ3v) is 6.24. The van der Waals surface area contributed by atoms with Gasteiger partial charge < -0.3 is 10.1 Å². The van der Waals surface area contributed by atoms with Gasteiger partial charge in [-0.05, 0) is 64.6 Å². The summed E-state index contributed by atoms with van der Waals surface area (Å²) in [5.74, 6) is -0.0432. The van der Waals surface area contributed by atoms with Crippen molar-refractivity contribution in [2.24, 2.45) is 23.7 Å². The third-order valence-electron chi connectivity index (χ3n) is 6.24. The average molecular weight is 353 g/mol. The summed E-state index contributed by atoms with van der Waals surface area (Å²) in [5.41, 5.74) is -0.110. The molecule has 5 nitrogen and oxygen atoms in total. The highest BCUT2D eigenvalue weighted by Gasteiger charge is 2.39. The second-order valence-electron chi connectivity index (χ2n) is 8.67. The highest BCUT2D eigenvalue weighted by atomic mass is 16.5. The molecule has 2 saturated heterocycles. The molecule has 25 heavy (non-hydrogen) atoms. The number of esters is 1. The predicted molar refractivity (Wildman–Crippen MR) is 99.3 cm³/mol. The Morgan fingerprint density at radius 3 is 2.32 bits per heavy atom. The van der Waals surface area contributed by atoms with Crippen LogP contribution < -0.4 is 5.32 Å². The highest BCUT2D eigenvalue weighted by Crippen LogP contribution is 2.30. The summed E-state index contributed by atoms with van der Waals surface area (Å²) in [6.45, 7) is 11.4. The molecule has 2 fully saturated rings. The number of carbonyl (C=O) groups excluding carboxylic acids is 2. The number of carbonyl (C=O) groups is 2. The zero-order valence-electron chi connectivity index (χ0n) is 16.6. The van der Waals surface area contributed by atoms with Crippen molar-refractivity contribution in [3.8, 4) is 0 Å². The van der Waals surface area contributed by atoms with Crippen LogP contribution in [0.5, 0.6) is 0 Å². The topological polar surface area (TPSA) is 58.6 Å². The maximum absolute atomic E-state index is 12.6. The molecule has 1 spiro atoms. The van der Waals surface area contributed by atoms with Crippen LogP contribution in [0.1, 0.15) is 53.4 Å². The van der Waals surface area contributed by atoms with Crippen molar-refractivity contribution in [3.05, 3.63) is 0 Å². The van der Waals surface area contributed by atoms with Crippen LogP contribution in [0.2, 0.25) is 0 Å². The minimum absolute atomic E-state index is 0.0245. The fourth-order valence-corrected chi connectivity index (χ4v) is 4.64. The largest absolute Gasteiger partial charge is 0.463 e. The Balaban J connectivity index is 2.22. The Labute approximate surface area is 152 Å². The van der Waals surface area contributed by atoms with Crippen LogP contribution >= 0.6 is 0 Å². The number of Topliss-reactive ketones (excluding diaryl/α,β-unsaturated/α-hetero) is 1. The summed E-state index contributed by atoms with van der Waals surface area (Å²) >= 11 is 0. The van der Waals surface area contributed by atoms with Crippen LogP contribution in [-0.4, -0.2) is 55.5 Å². The molecule has 0 aliphatic carbocycles. The lowest BCUT2D eigenvalue weighted by molar-refractivity contribution is -0.156. The van der Waals surface area contributed by atoms with Crippen molar-refractivity contribution in [2.75, 3.05) is 33.3 Å². The number of cyclic esters (lactones) is 1. The van der Waals surface area contributed by atoms with Crippen LogP contribution in [0, 0.1) is 23.7 Å². The molecule has 2 heterocycles. The smallest absolute Gasteiger partial charge is 0.316 e. The molecule has 0 amide bonds. The van der Waals surface area contributed by atoms with Gasteiger partial charge in [-0.3, -0.25) is 14.5 Å². The Morgan fingerprint density at radius 2 is 1.68 bits per heavy atom. The minimum atomic E-state index is -0.663. The fraction of sp³-hybridized carbons (Fsp3) is 0.900. The number of likely N-dealkylation sites (N-methyl/N-ethyl adjacent to an activating group) is 1. The number of piperidine rings is 1. The summed E-state index contributed by atoms with van der Waals surface area (Å²) in [4.78, 5) is 27.5. The van der Waals surface area contributed by atoms with Crippen molar-refractivity contribution >= 4 is 11.8 Å². The number of ether oxygens (including phenoxy) is 1. The molecular formula is C20H36N2O3. The molecule has 1 N–H and O–H groups in total. The van der Waals surface area contributed by atoms with Gasteiger partial charge >= 0.3 is 5.97 Å². The van der Waals surface area contributed by atoms with E-state index in [-0.39, 0.29) is 23.2 Å². The summed E-state index contributed by atoms with van der Waals surface area (Å²) < 4.78 is 5.68. The van der Waals surface area contributed by atoms with E-state index in [0.717, 1.165) is 45.3 Å². The molecule has 2 aliphatic rings. The van der Waals surface area contributed by atoms with Gasteiger partial charge in [0.25, 0.3) is 0 Å². The first-order valence-electron chi connectivity index (χ1n) is 9.87. The van der Waals surface area contributed by atoms with E-state index < -0.39 is 5.92 Å². The SMILES string of the molecule is CC1CC(C)CN(C)C2(CCNCC2)COC(=O)C(C)C(=O)C(C)C1. The average Bonchev–Trinajstić information content (AvgIpc) is 2.58. The van der Waals surface area contributed by atoms with Gasteiger partial charge in [-0.2, -0.15) is 0 Å². The van der Waals surface area contributed by atoms with Crippen LogP contribution in [-0.2, 0) is 14.3 Å². The first-order chi connectivity index (χ1) is 11.7. The molecule has 4 atom stereocenters. The van der Waals surface area contributed by atoms with Gasteiger partial charge in [-0.15, -0.1) is 0 Å². The van der Waals surface area contributed by atoms with Crippen LogP contribution in [0.15, 0.2) is 0 Å². The molecular weight excluding hydrogens is 316 g/mol. The standard InChI is InChI=1S/C20H36N2O3/c1-14-10-15(2)12-22(5)20(6-8-21-9-7-20)13-25-19(24)17(4)18(23)16(3)11-14/h14-17,21H,6-13H2,1-5H3. The second kappa shape index (κ2) is 8.63.